The van der Waals surface area contributed by atoms with E-state index in [2.05, 4.69) is 35.0 Å². The van der Waals surface area contributed by atoms with Crippen LogP contribution in [0.4, 0.5) is 0 Å². The number of halogens is 1. The van der Waals surface area contributed by atoms with Gasteiger partial charge in [-0.2, -0.15) is 0 Å². The second kappa shape index (κ2) is 6.66. The maximum atomic E-state index is 12.4. The molecule has 116 valence electrons. The van der Waals surface area contributed by atoms with Crippen molar-refractivity contribution in [2.45, 2.75) is 38.1 Å². The van der Waals surface area contributed by atoms with Gasteiger partial charge in [-0.1, -0.05) is 58.4 Å². The summed E-state index contributed by atoms with van der Waals surface area (Å²) in [6.45, 7) is 7.71. The first-order valence-electron chi connectivity index (χ1n) is 7.35. The normalized spacial score (nSPS) is 12.8. The molecule has 2 aromatic carbocycles. The smallest absolute Gasteiger partial charge is 0.339 e. The molecule has 0 amide bonds. The van der Waals surface area contributed by atoms with Crippen LogP contribution in [0.3, 0.4) is 0 Å². The Bertz CT molecular complexity index is 652. The van der Waals surface area contributed by atoms with Gasteiger partial charge in [-0.25, -0.2) is 4.79 Å². The van der Waals surface area contributed by atoms with E-state index in [-0.39, 0.29) is 5.97 Å². The molecule has 3 heteroatoms. The number of alkyl halides is 1. The second-order valence-electron chi connectivity index (χ2n) is 6.29. The highest BCUT2D eigenvalue weighted by atomic mass is 79.9. The van der Waals surface area contributed by atoms with Gasteiger partial charge in [-0.15, -0.1) is 0 Å². The van der Waals surface area contributed by atoms with Crippen molar-refractivity contribution in [3.63, 3.8) is 0 Å². The number of hydrogen-bond donors (Lipinski definition) is 0. The molecule has 0 aliphatic carbocycles. The summed E-state index contributed by atoms with van der Waals surface area (Å²) in [6.07, 6.45) is 0. The number of ether oxygens (including phenoxy) is 1. The molecule has 1 atom stereocenters. The lowest BCUT2D eigenvalue weighted by molar-refractivity contribution is 0.00705. The zero-order valence-corrected chi connectivity index (χ0v) is 15.0. The highest BCUT2D eigenvalue weighted by molar-refractivity contribution is 9.09. The van der Waals surface area contributed by atoms with Crippen molar-refractivity contribution in [1.29, 1.82) is 0 Å². The third-order valence-electron chi connectivity index (χ3n) is 3.23. The van der Waals surface area contributed by atoms with Crippen molar-refractivity contribution in [3.8, 4) is 11.1 Å². The number of esters is 1. The standard InChI is InChI=1S/C19H21BrO2/c1-13(20)14-9-11-15(12-10-14)16-7-5-6-8-17(16)18(21)22-19(2,3)4/h5-13H,1-4H3. The SMILES string of the molecule is CC(Br)c1ccc(-c2ccccc2C(=O)OC(C)(C)C)cc1. The Hall–Kier alpha value is -1.61. The van der Waals surface area contributed by atoms with Gasteiger partial charge < -0.3 is 4.74 Å². The summed E-state index contributed by atoms with van der Waals surface area (Å²) in [7, 11) is 0. The van der Waals surface area contributed by atoms with Crippen LogP contribution in [-0.2, 0) is 4.74 Å². The summed E-state index contributed by atoms with van der Waals surface area (Å²) in [6, 6.07) is 15.8. The lowest BCUT2D eigenvalue weighted by Crippen LogP contribution is -2.24. The molecule has 2 aromatic rings. The first-order chi connectivity index (χ1) is 10.3. The lowest BCUT2D eigenvalue weighted by Gasteiger charge is -2.20. The van der Waals surface area contributed by atoms with Gasteiger partial charge in [0.25, 0.3) is 0 Å². The molecule has 1 unspecified atom stereocenters. The summed E-state index contributed by atoms with van der Waals surface area (Å²) in [5.41, 5.74) is 3.21. The van der Waals surface area contributed by atoms with E-state index in [4.69, 9.17) is 4.74 Å². The van der Waals surface area contributed by atoms with Crippen molar-refractivity contribution >= 4 is 21.9 Å². The molecular weight excluding hydrogens is 340 g/mol. The van der Waals surface area contributed by atoms with Crippen molar-refractivity contribution in [2.75, 3.05) is 0 Å². The lowest BCUT2D eigenvalue weighted by atomic mass is 9.98. The predicted octanol–water partition coefficient (Wildman–Crippen LogP) is 5.76. The molecular formula is C19H21BrO2. The van der Waals surface area contributed by atoms with Crippen LogP contribution in [0.2, 0.25) is 0 Å². The summed E-state index contributed by atoms with van der Waals surface area (Å²) in [4.78, 5) is 12.7. The molecule has 0 aliphatic heterocycles. The molecule has 0 spiro atoms. The minimum atomic E-state index is -0.501. The molecule has 0 N–H and O–H groups in total. The van der Waals surface area contributed by atoms with Gasteiger partial charge in [0.1, 0.15) is 5.60 Å². The highest BCUT2D eigenvalue weighted by Gasteiger charge is 2.20. The van der Waals surface area contributed by atoms with Crippen LogP contribution < -0.4 is 0 Å². The van der Waals surface area contributed by atoms with Crippen LogP contribution >= 0.6 is 15.9 Å². The van der Waals surface area contributed by atoms with Crippen LogP contribution in [0.1, 0.15) is 48.4 Å². The van der Waals surface area contributed by atoms with Crippen molar-refractivity contribution < 1.29 is 9.53 Å². The minimum Gasteiger partial charge on any atom is -0.456 e. The summed E-state index contributed by atoms with van der Waals surface area (Å²) >= 11 is 3.56. The van der Waals surface area contributed by atoms with Gasteiger partial charge in [0.2, 0.25) is 0 Å². The van der Waals surface area contributed by atoms with Crippen molar-refractivity contribution in [1.82, 2.24) is 0 Å². The van der Waals surface area contributed by atoms with Crippen LogP contribution in [-0.4, -0.2) is 11.6 Å². The number of carbonyl (C=O) groups is 1. The average Bonchev–Trinajstić information content (AvgIpc) is 2.45. The quantitative estimate of drug-likeness (QED) is 0.513. The maximum Gasteiger partial charge on any atom is 0.339 e. The molecule has 2 rings (SSSR count). The van der Waals surface area contributed by atoms with E-state index < -0.39 is 5.60 Å². The van der Waals surface area contributed by atoms with E-state index in [1.54, 1.807) is 0 Å². The Morgan fingerprint density at radius 3 is 2.18 bits per heavy atom. The molecule has 0 radical (unpaired) electrons. The van der Waals surface area contributed by atoms with E-state index in [9.17, 15) is 4.79 Å². The van der Waals surface area contributed by atoms with Crippen LogP contribution in [0, 0.1) is 0 Å². The molecule has 0 aliphatic rings. The molecule has 0 fully saturated rings. The van der Waals surface area contributed by atoms with Gasteiger partial charge in [-0.3, -0.25) is 0 Å². The highest BCUT2D eigenvalue weighted by Crippen LogP contribution is 2.28. The molecule has 0 bridgehead atoms. The molecule has 0 heterocycles. The topological polar surface area (TPSA) is 26.3 Å². The summed E-state index contributed by atoms with van der Waals surface area (Å²) in [5, 5.41) is 0. The van der Waals surface area contributed by atoms with E-state index in [0.717, 1.165) is 11.1 Å². The Morgan fingerprint density at radius 2 is 1.64 bits per heavy atom. The average molecular weight is 361 g/mol. The monoisotopic (exact) mass is 360 g/mol. The van der Waals surface area contributed by atoms with Crippen LogP contribution in [0.5, 0.6) is 0 Å². The van der Waals surface area contributed by atoms with Crippen LogP contribution in [0.25, 0.3) is 11.1 Å². The number of benzene rings is 2. The second-order valence-corrected chi connectivity index (χ2v) is 7.66. The Balaban J connectivity index is 2.38. The number of carbonyl (C=O) groups excluding carboxylic acids is 1. The fraction of sp³-hybridized carbons (Fsp3) is 0.316. The third kappa shape index (κ3) is 4.20. The third-order valence-corrected chi connectivity index (χ3v) is 3.76. The molecule has 2 nitrogen and oxygen atoms in total. The first-order valence-corrected chi connectivity index (χ1v) is 8.26. The molecule has 0 aromatic heterocycles. The molecule has 0 saturated heterocycles. The van der Waals surface area contributed by atoms with E-state index >= 15 is 0 Å². The first kappa shape index (κ1) is 16.8. The van der Waals surface area contributed by atoms with Crippen LogP contribution in [0.15, 0.2) is 48.5 Å². The Morgan fingerprint density at radius 1 is 1.05 bits per heavy atom. The number of rotatable bonds is 3. The van der Waals surface area contributed by atoms with Crippen molar-refractivity contribution in [2.24, 2.45) is 0 Å². The van der Waals surface area contributed by atoms with E-state index in [1.807, 2.05) is 57.2 Å². The Labute approximate surface area is 140 Å². The van der Waals surface area contributed by atoms with E-state index in [0.29, 0.717) is 10.4 Å². The maximum absolute atomic E-state index is 12.4. The van der Waals surface area contributed by atoms with Gasteiger partial charge in [0, 0.05) is 4.83 Å². The minimum absolute atomic E-state index is 0.291. The fourth-order valence-electron chi connectivity index (χ4n) is 2.17. The van der Waals surface area contributed by atoms with Gasteiger partial charge in [0.05, 0.1) is 5.56 Å². The summed E-state index contributed by atoms with van der Waals surface area (Å²) < 4.78 is 5.50. The van der Waals surface area contributed by atoms with Gasteiger partial charge in [-0.05, 0) is 50.5 Å². The zero-order chi connectivity index (χ0) is 16.3. The zero-order valence-electron chi connectivity index (χ0n) is 13.4. The van der Waals surface area contributed by atoms with Gasteiger partial charge in [0.15, 0.2) is 0 Å². The van der Waals surface area contributed by atoms with E-state index in [1.165, 1.54) is 5.56 Å². The Kier molecular flexibility index (Phi) is 5.07. The molecule has 0 saturated carbocycles. The number of hydrogen-bond acceptors (Lipinski definition) is 2. The largest absolute Gasteiger partial charge is 0.456 e. The summed E-state index contributed by atoms with van der Waals surface area (Å²) in [5.74, 6) is -0.291. The fourth-order valence-corrected chi connectivity index (χ4v) is 2.48. The predicted molar refractivity (Wildman–Crippen MR) is 94.4 cm³/mol. The van der Waals surface area contributed by atoms with Gasteiger partial charge >= 0.3 is 5.97 Å². The molecule has 22 heavy (non-hydrogen) atoms. The van der Waals surface area contributed by atoms with Crippen molar-refractivity contribution in [3.05, 3.63) is 59.7 Å².